The lowest BCUT2D eigenvalue weighted by atomic mass is 10.2. The second-order valence-corrected chi connectivity index (χ2v) is 11.6. The van der Waals surface area contributed by atoms with Gasteiger partial charge in [0.15, 0.2) is 10.7 Å². The quantitative estimate of drug-likeness (QED) is 0.358. The van der Waals surface area contributed by atoms with Crippen molar-refractivity contribution in [2.24, 2.45) is 0 Å². The maximum absolute atomic E-state index is 13.5. The Labute approximate surface area is 232 Å². The van der Waals surface area contributed by atoms with Crippen molar-refractivity contribution in [1.29, 1.82) is 0 Å². The minimum atomic E-state index is -1.62. The number of aryl methyl sites for hydroxylation is 2. The number of amides is 2. The van der Waals surface area contributed by atoms with Crippen molar-refractivity contribution >= 4 is 44.9 Å². The van der Waals surface area contributed by atoms with Crippen LogP contribution in [-0.2, 0) is 20.4 Å². The van der Waals surface area contributed by atoms with Crippen molar-refractivity contribution in [3.8, 4) is 0 Å². The minimum absolute atomic E-state index is 0.0310. The van der Waals surface area contributed by atoms with E-state index in [2.05, 4.69) is 30.4 Å². The molecule has 0 saturated carbocycles. The van der Waals surface area contributed by atoms with Gasteiger partial charge in [-0.05, 0) is 43.7 Å². The molecule has 2 aromatic carbocycles. The number of hydrogen-bond acceptors (Lipinski definition) is 8. The number of benzene rings is 2. The fourth-order valence-electron chi connectivity index (χ4n) is 5.34. The van der Waals surface area contributed by atoms with Gasteiger partial charge in [-0.3, -0.25) is 19.3 Å². The number of H-pyrrole nitrogens is 1. The summed E-state index contributed by atoms with van der Waals surface area (Å²) in [7, 11) is -1.62. The van der Waals surface area contributed by atoms with Crippen LogP contribution < -0.4 is 15.8 Å². The Morgan fingerprint density at radius 1 is 1.02 bits per heavy atom. The molecular weight excluding hydrogens is 532 g/mol. The summed E-state index contributed by atoms with van der Waals surface area (Å²) in [5.74, 6) is -0.151. The minimum Gasteiger partial charge on any atom is -0.369 e. The van der Waals surface area contributed by atoms with Crippen LogP contribution in [0.25, 0.3) is 16.6 Å². The van der Waals surface area contributed by atoms with E-state index in [1.807, 2.05) is 44.2 Å². The number of nitrogens with zero attached hydrogens (tertiary/aromatic N) is 6. The number of anilines is 1. The molecule has 1 atom stereocenters. The Bertz CT molecular complexity index is 1720. The molecule has 208 valence electrons. The van der Waals surface area contributed by atoms with Crippen molar-refractivity contribution in [2.75, 3.05) is 57.3 Å². The predicted molar refractivity (Wildman–Crippen MR) is 150 cm³/mol. The van der Waals surface area contributed by atoms with E-state index in [0.29, 0.717) is 55.1 Å². The molecule has 0 spiro atoms. The molecular formula is C27H30N8O4S. The first-order valence-electron chi connectivity index (χ1n) is 13.2. The molecule has 2 aliphatic heterocycles. The molecule has 2 amide bonds. The van der Waals surface area contributed by atoms with Crippen molar-refractivity contribution < 1.29 is 13.8 Å². The maximum Gasteiger partial charge on any atom is 0.281 e. The zero-order valence-corrected chi connectivity index (χ0v) is 23.2. The third-order valence-electron chi connectivity index (χ3n) is 7.51. The van der Waals surface area contributed by atoms with Gasteiger partial charge in [-0.1, -0.05) is 17.7 Å². The lowest BCUT2D eigenvalue weighted by molar-refractivity contribution is -0.139. The summed E-state index contributed by atoms with van der Waals surface area (Å²) in [6.45, 7) is 8.10. The van der Waals surface area contributed by atoms with Crippen LogP contribution in [0.15, 0.2) is 51.1 Å². The number of nitrogens with one attached hydrogen (secondary N) is 2. The Morgan fingerprint density at radius 3 is 2.58 bits per heavy atom. The van der Waals surface area contributed by atoms with Gasteiger partial charge in [0.2, 0.25) is 11.8 Å². The molecule has 0 bridgehead atoms. The van der Waals surface area contributed by atoms with Crippen LogP contribution in [0.3, 0.4) is 0 Å². The van der Waals surface area contributed by atoms with E-state index >= 15 is 0 Å². The Kier molecular flexibility index (Phi) is 6.84. The molecule has 4 aromatic rings. The fourth-order valence-corrected chi connectivity index (χ4v) is 6.51. The molecule has 2 fully saturated rings. The lowest BCUT2D eigenvalue weighted by Crippen LogP contribution is -2.54. The van der Waals surface area contributed by atoms with E-state index in [1.54, 1.807) is 15.5 Å². The fraction of sp³-hybridized carbons (Fsp3) is 0.370. The highest BCUT2D eigenvalue weighted by atomic mass is 32.2. The van der Waals surface area contributed by atoms with E-state index in [1.165, 1.54) is 0 Å². The summed E-state index contributed by atoms with van der Waals surface area (Å²) in [5.41, 5.74) is 3.31. The van der Waals surface area contributed by atoms with Crippen molar-refractivity contribution in [3.63, 3.8) is 0 Å². The van der Waals surface area contributed by atoms with E-state index < -0.39 is 16.4 Å². The summed E-state index contributed by atoms with van der Waals surface area (Å²) in [4.78, 5) is 48.0. The van der Waals surface area contributed by atoms with Gasteiger partial charge in [0, 0.05) is 49.9 Å². The number of aromatic amines is 1. The highest BCUT2D eigenvalue weighted by Crippen LogP contribution is 2.25. The number of carbonyl (C=O) groups is 2. The third kappa shape index (κ3) is 4.86. The number of piperazine rings is 2. The molecule has 2 saturated heterocycles. The first-order valence-corrected chi connectivity index (χ1v) is 14.3. The SMILES string of the molecule is Cc1ccc(S(=O)c2n[nH]n3c2nc(=O)c2ccc(N4CCN(CC(=O)N5CCNC(=O)C5)CC4)cc23)c(C)c1. The molecule has 12 nitrogen and oxygen atoms in total. The van der Waals surface area contributed by atoms with Gasteiger partial charge in [0.1, 0.15) is 10.8 Å². The van der Waals surface area contributed by atoms with E-state index in [-0.39, 0.29) is 35.6 Å². The van der Waals surface area contributed by atoms with Crippen LogP contribution in [0, 0.1) is 13.8 Å². The number of fused-ring (bicyclic) bond motifs is 3. The second-order valence-electron chi connectivity index (χ2n) is 10.3. The van der Waals surface area contributed by atoms with Gasteiger partial charge in [-0.2, -0.15) is 4.98 Å². The molecule has 1 unspecified atom stereocenters. The zero-order chi connectivity index (χ0) is 28.0. The molecule has 13 heteroatoms. The van der Waals surface area contributed by atoms with E-state index in [9.17, 15) is 18.6 Å². The summed E-state index contributed by atoms with van der Waals surface area (Å²) < 4.78 is 15.1. The maximum atomic E-state index is 13.5. The van der Waals surface area contributed by atoms with Gasteiger partial charge < -0.3 is 15.1 Å². The van der Waals surface area contributed by atoms with Crippen LogP contribution in [0.4, 0.5) is 5.69 Å². The number of carbonyl (C=O) groups excluding carboxylic acids is 2. The lowest BCUT2D eigenvalue weighted by Gasteiger charge is -2.37. The molecule has 0 aliphatic carbocycles. The molecule has 2 aliphatic rings. The van der Waals surface area contributed by atoms with Crippen LogP contribution in [0.5, 0.6) is 0 Å². The molecule has 6 rings (SSSR count). The molecule has 4 heterocycles. The number of hydrogen-bond donors (Lipinski definition) is 2. The largest absolute Gasteiger partial charge is 0.369 e. The smallest absolute Gasteiger partial charge is 0.281 e. The topological polar surface area (TPSA) is 136 Å². The Hall–Kier alpha value is -4.10. The Balaban J connectivity index is 1.22. The monoisotopic (exact) mass is 562 g/mol. The molecule has 2 aromatic heterocycles. The predicted octanol–water partition coefficient (Wildman–Crippen LogP) is 0.435. The second kappa shape index (κ2) is 10.5. The van der Waals surface area contributed by atoms with Gasteiger partial charge in [0.05, 0.1) is 24.0 Å². The summed E-state index contributed by atoms with van der Waals surface area (Å²) in [6, 6.07) is 11.3. The van der Waals surface area contributed by atoms with E-state index in [4.69, 9.17) is 0 Å². The van der Waals surface area contributed by atoms with Crippen molar-refractivity contribution in [1.82, 2.24) is 34.9 Å². The summed E-state index contributed by atoms with van der Waals surface area (Å²) in [6.07, 6.45) is 0. The van der Waals surface area contributed by atoms with Gasteiger partial charge in [-0.25, -0.2) is 13.9 Å². The molecule has 2 N–H and O–H groups in total. The first-order chi connectivity index (χ1) is 19.3. The molecule has 40 heavy (non-hydrogen) atoms. The van der Waals surface area contributed by atoms with Gasteiger partial charge in [0.25, 0.3) is 5.56 Å². The third-order valence-corrected chi connectivity index (χ3v) is 8.99. The average Bonchev–Trinajstić information content (AvgIpc) is 3.37. The van der Waals surface area contributed by atoms with Gasteiger partial charge in [-0.15, -0.1) is 5.10 Å². The van der Waals surface area contributed by atoms with E-state index in [0.717, 1.165) is 16.8 Å². The number of rotatable bonds is 5. The van der Waals surface area contributed by atoms with Crippen molar-refractivity contribution in [3.05, 3.63) is 57.9 Å². The standard InChI is InChI=1S/C27H30N8O4S/c1-17-3-6-22(18(2)13-17)40(39)27-25-29-26(38)20-5-4-19(14-21(20)35(25)31-30-27)33-11-9-32(10-12-33)16-24(37)34-8-7-28-23(36)15-34/h3-6,13-14,31H,7-12,15-16H2,1-2H3,(H,28,36). The normalized spacial score (nSPS) is 17.4. The van der Waals surface area contributed by atoms with Crippen molar-refractivity contribution in [2.45, 2.75) is 23.8 Å². The van der Waals surface area contributed by atoms with Crippen LogP contribution in [0.1, 0.15) is 11.1 Å². The van der Waals surface area contributed by atoms with Crippen LogP contribution in [-0.4, -0.2) is 98.0 Å². The number of aromatic nitrogens is 4. The molecule has 0 radical (unpaired) electrons. The van der Waals surface area contributed by atoms with Crippen LogP contribution >= 0.6 is 0 Å². The van der Waals surface area contributed by atoms with Crippen LogP contribution in [0.2, 0.25) is 0 Å². The summed E-state index contributed by atoms with van der Waals surface area (Å²) in [5, 5.41) is 10.6. The van der Waals surface area contributed by atoms with Gasteiger partial charge >= 0.3 is 0 Å². The first kappa shape index (κ1) is 26.1. The average molecular weight is 563 g/mol. The highest BCUT2D eigenvalue weighted by molar-refractivity contribution is 7.85. The Morgan fingerprint density at radius 2 is 1.82 bits per heavy atom. The summed E-state index contributed by atoms with van der Waals surface area (Å²) >= 11 is 0. The highest BCUT2D eigenvalue weighted by Gasteiger charge is 2.26. The zero-order valence-electron chi connectivity index (χ0n) is 22.3.